The van der Waals surface area contributed by atoms with Crippen LogP contribution in [0.15, 0.2) is 83.7 Å². The van der Waals surface area contributed by atoms with E-state index in [0.29, 0.717) is 42.7 Å². The number of fused-ring (bicyclic) bond motifs is 1. The lowest BCUT2D eigenvalue weighted by molar-refractivity contribution is 0.169. The van der Waals surface area contributed by atoms with E-state index in [9.17, 15) is 4.79 Å². The third kappa shape index (κ3) is 5.83. The number of H-pyrrole nitrogens is 1. The van der Waals surface area contributed by atoms with Gasteiger partial charge in [0.1, 0.15) is 6.04 Å². The van der Waals surface area contributed by atoms with Crippen molar-refractivity contribution in [3.05, 3.63) is 122 Å². The van der Waals surface area contributed by atoms with Crippen molar-refractivity contribution in [2.24, 2.45) is 0 Å². The van der Waals surface area contributed by atoms with Crippen molar-refractivity contribution < 1.29 is 4.74 Å². The molecule has 0 amide bonds. The van der Waals surface area contributed by atoms with Gasteiger partial charge in [-0.3, -0.25) is 9.69 Å². The van der Waals surface area contributed by atoms with Crippen LogP contribution in [-0.2, 0) is 24.4 Å². The van der Waals surface area contributed by atoms with Gasteiger partial charge in [0.25, 0.3) is 5.56 Å². The maximum atomic E-state index is 13.7. The van der Waals surface area contributed by atoms with Crippen molar-refractivity contribution >= 4 is 22.5 Å². The fourth-order valence-corrected chi connectivity index (χ4v) is 4.79. The normalized spacial score (nSPS) is 12.3. The predicted octanol–water partition coefficient (Wildman–Crippen LogP) is 4.91. The molecular weight excluding hydrogens is 500 g/mol. The van der Waals surface area contributed by atoms with Crippen LogP contribution in [0, 0.1) is 6.92 Å². The van der Waals surface area contributed by atoms with Gasteiger partial charge in [-0.25, -0.2) is 4.68 Å². The minimum Gasteiger partial charge on any atom is -0.383 e. The Morgan fingerprint density at radius 2 is 1.74 bits per heavy atom. The first kappa shape index (κ1) is 25.8. The Hall–Kier alpha value is -3.85. The van der Waals surface area contributed by atoms with Gasteiger partial charge in [0.2, 0.25) is 0 Å². The number of benzene rings is 3. The Balaban J connectivity index is 1.68. The van der Waals surface area contributed by atoms with Crippen molar-refractivity contribution in [2.45, 2.75) is 32.6 Å². The van der Waals surface area contributed by atoms with Crippen LogP contribution >= 0.6 is 11.6 Å². The van der Waals surface area contributed by atoms with Crippen LogP contribution in [0.5, 0.6) is 0 Å². The number of hydrogen-bond donors (Lipinski definition) is 1. The maximum absolute atomic E-state index is 13.7. The molecule has 0 saturated heterocycles. The van der Waals surface area contributed by atoms with Crippen LogP contribution in [0.1, 0.15) is 34.1 Å². The molecule has 5 rings (SSSR count). The van der Waals surface area contributed by atoms with Crippen LogP contribution in [0.25, 0.3) is 10.9 Å². The number of rotatable bonds is 10. The zero-order valence-corrected chi connectivity index (χ0v) is 22.1. The number of hydrogen-bond acceptors (Lipinski definition) is 6. The molecule has 0 spiro atoms. The Labute approximate surface area is 225 Å². The molecule has 1 atom stereocenters. The number of halogens is 1. The standard InChI is InChI=1S/C29H29ClN6O2/c1-20-8-11-23-17-25(29(37)31-26(23)16-20)27(28-32-33-34-36(28)14-15-38-2)35(18-21-6-4-3-5-7-21)19-22-9-12-24(30)13-10-22/h3-13,16-17,27H,14-15,18-19H2,1-2H3,(H,31,37). The van der Waals surface area contributed by atoms with Crippen molar-refractivity contribution in [1.82, 2.24) is 30.1 Å². The molecule has 0 aliphatic rings. The molecule has 1 N–H and O–H groups in total. The Kier molecular flexibility index (Phi) is 7.93. The van der Waals surface area contributed by atoms with E-state index in [2.05, 4.69) is 37.5 Å². The first-order valence-electron chi connectivity index (χ1n) is 12.4. The number of methoxy groups -OCH3 is 1. The van der Waals surface area contributed by atoms with Crippen LogP contribution in [0.3, 0.4) is 0 Å². The molecule has 1 unspecified atom stereocenters. The predicted molar refractivity (Wildman–Crippen MR) is 148 cm³/mol. The second kappa shape index (κ2) is 11.7. The molecule has 0 radical (unpaired) electrons. The van der Waals surface area contributed by atoms with Crippen LogP contribution in [-0.4, -0.2) is 43.8 Å². The molecule has 2 aromatic heterocycles. The summed E-state index contributed by atoms with van der Waals surface area (Å²) in [4.78, 5) is 19.0. The molecule has 0 bridgehead atoms. The van der Waals surface area contributed by atoms with E-state index in [-0.39, 0.29) is 5.56 Å². The summed E-state index contributed by atoms with van der Waals surface area (Å²) in [7, 11) is 1.64. The second-order valence-electron chi connectivity index (χ2n) is 9.32. The SMILES string of the molecule is COCCn1nnnc1C(c1cc2ccc(C)cc2[nH]c1=O)N(Cc1ccccc1)Cc1ccc(Cl)cc1. The van der Waals surface area contributed by atoms with Gasteiger partial charge in [0.15, 0.2) is 5.82 Å². The van der Waals surface area contributed by atoms with E-state index >= 15 is 0 Å². The molecule has 194 valence electrons. The molecule has 2 heterocycles. The lowest BCUT2D eigenvalue weighted by Gasteiger charge is -2.31. The third-order valence-electron chi connectivity index (χ3n) is 6.53. The molecule has 0 saturated carbocycles. The van der Waals surface area contributed by atoms with E-state index in [4.69, 9.17) is 16.3 Å². The van der Waals surface area contributed by atoms with Crippen molar-refractivity contribution in [1.29, 1.82) is 0 Å². The molecule has 3 aromatic carbocycles. The number of nitrogens with zero attached hydrogens (tertiary/aromatic N) is 5. The zero-order valence-electron chi connectivity index (χ0n) is 21.3. The summed E-state index contributed by atoms with van der Waals surface area (Å²) in [5, 5.41) is 14.3. The van der Waals surface area contributed by atoms with Gasteiger partial charge in [-0.1, -0.05) is 66.2 Å². The third-order valence-corrected chi connectivity index (χ3v) is 6.78. The van der Waals surface area contributed by atoms with Crippen LogP contribution in [0.4, 0.5) is 0 Å². The van der Waals surface area contributed by atoms with Gasteiger partial charge in [-0.15, -0.1) is 5.10 Å². The average molecular weight is 529 g/mol. The van der Waals surface area contributed by atoms with E-state index < -0.39 is 6.04 Å². The summed E-state index contributed by atoms with van der Waals surface area (Å²) >= 11 is 6.17. The number of nitrogens with one attached hydrogen (secondary N) is 1. The maximum Gasteiger partial charge on any atom is 0.253 e. The molecule has 8 nitrogen and oxygen atoms in total. The number of aromatic amines is 1. The Morgan fingerprint density at radius 1 is 1.00 bits per heavy atom. The highest BCUT2D eigenvalue weighted by Crippen LogP contribution is 2.30. The first-order valence-corrected chi connectivity index (χ1v) is 12.8. The highest BCUT2D eigenvalue weighted by molar-refractivity contribution is 6.30. The van der Waals surface area contributed by atoms with E-state index in [1.807, 2.05) is 73.7 Å². The molecular formula is C29H29ClN6O2. The summed E-state index contributed by atoms with van der Waals surface area (Å²) in [5.41, 5.74) is 4.43. The van der Waals surface area contributed by atoms with Gasteiger partial charge in [0.05, 0.1) is 13.2 Å². The Bertz CT molecular complexity index is 1570. The second-order valence-corrected chi connectivity index (χ2v) is 9.75. The van der Waals surface area contributed by atoms with Crippen molar-refractivity contribution in [2.75, 3.05) is 13.7 Å². The summed E-state index contributed by atoms with van der Waals surface area (Å²) in [5.74, 6) is 0.573. The summed E-state index contributed by atoms with van der Waals surface area (Å²) in [6.07, 6.45) is 0. The monoisotopic (exact) mass is 528 g/mol. The summed E-state index contributed by atoms with van der Waals surface area (Å²) in [6.45, 7) is 4.01. The molecule has 5 aromatic rings. The van der Waals surface area contributed by atoms with Crippen LogP contribution < -0.4 is 5.56 Å². The van der Waals surface area contributed by atoms with E-state index in [1.54, 1.807) is 11.8 Å². The molecule has 0 fully saturated rings. The molecule has 38 heavy (non-hydrogen) atoms. The van der Waals surface area contributed by atoms with Gasteiger partial charge in [-0.2, -0.15) is 0 Å². The number of tetrazole rings is 1. The first-order chi connectivity index (χ1) is 18.5. The molecule has 0 aliphatic carbocycles. The number of aryl methyl sites for hydroxylation is 1. The lowest BCUT2D eigenvalue weighted by Crippen LogP contribution is -2.35. The Morgan fingerprint density at radius 3 is 2.47 bits per heavy atom. The molecule has 9 heteroatoms. The number of pyridine rings is 1. The minimum absolute atomic E-state index is 0.177. The number of aromatic nitrogens is 5. The zero-order chi connectivity index (χ0) is 26.5. The average Bonchev–Trinajstić information content (AvgIpc) is 3.38. The van der Waals surface area contributed by atoms with Gasteiger partial charge in [-0.05, 0) is 63.7 Å². The molecule has 0 aliphatic heterocycles. The van der Waals surface area contributed by atoms with E-state index in [0.717, 1.165) is 27.6 Å². The van der Waals surface area contributed by atoms with Crippen LogP contribution in [0.2, 0.25) is 5.02 Å². The van der Waals surface area contributed by atoms with Crippen molar-refractivity contribution in [3.63, 3.8) is 0 Å². The number of ether oxygens (including phenoxy) is 1. The smallest absolute Gasteiger partial charge is 0.253 e. The van der Waals surface area contributed by atoms with E-state index in [1.165, 1.54) is 0 Å². The van der Waals surface area contributed by atoms with Gasteiger partial charge >= 0.3 is 0 Å². The highest BCUT2D eigenvalue weighted by atomic mass is 35.5. The van der Waals surface area contributed by atoms with Gasteiger partial charge in [0, 0.05) is 36.3 Å². The minimum atomic E-state index is -0.535. The largest absolute Gasteiger partial charge is 0.383 e. The fourth-order valence-electron chi connectivity index (χ4n) is 4.66. The van der Waals surface area contributed by atoms with Gasteiger partial charge < -0.3 is 9.72 Å². The highest BCUT2D eigenvalue weighted by Gasteiger charge is 2.31. The van der Waals surface area contributed by atoms with Crippen molar-refractivity contribution in [3.8, 4) is 0 Å². The topological polar surface area (TPSA) is 88.9 Å². The quantitative estimate of drug-likeness (QED) is 0.277. The lowest BCUT2D eigenvalue weighted by atomic mass is 10.0. The fraction of sp³-hybridized carbons (Fsp3) is 0.241. The summed E-state index contributed by atoms with van der Waals surface area (Å²) < 4.78 is 7.02. The summed E-state index contributed by atoms with van der Waals surface area (Å²) in [6, 6.07) is 25.4.